The van der Waals surface area contributed by atoms with Crippen LogP contribution in [0.4, 0.5) is 5.69 Å². The van der Waals surface area contributed by atoms with Gasteiger partial charge in [-0.3, -0.25) is 0 Å². The lowest BCUT2D eigenvalue weighted by Gasteiger charge is -2.40. The Morgan fingerprint density at radius 1 is 0.579 bits per heavy atom. The maximum Gasteiger partial charge on any atom is 0.235 e. The van der Waals surface area contributed by atoms with Crippen molar-refractivity contribution in [2.45, 2.75) is 0 Å². The Kier molecular flexibility index (Phi) is 4.68. The number of fused-ring (bicyclic) bond motifs is 9. The first-order valence-electron chi connectivity index (χ1n) is 13.2. The molecular weight excluding hydrogens is 457 g/mol. The zero-order chi connectivity index (χ0) is 25.1. The van der Waals surface area contributed by atoms with Crippen LogP contribution in [0.3, 0.4) is 0 Å². The van der Waals surface area contributed by atoms with Crippen molar-refractivity contribution in [3.63, 3.8) is 0 Å². The van der Waals surface area contributed by atoms with Crippen LogP contribution in [-0.4, -0.2) is 6.71 Å². The normalized spacial score (nSPS) is 16.5. The van der Waals surface area contributed by atoms with E-state index in [-0.39, 0.29) is 6.71 Å². The predicted octanol–water partition coefficient (Wildman–Crippen LogP) is 7.87. The van der Waals surface area contributed by atoms with Gasteiger partial charge in [0.25, 0.3) is 0 Å². The van der Waals surface area contributed by atoms with Gasteiger partial charge in [0.2, 0.25) is 6.71 Å². The summed E-state index contributed by atoms with van der Waals surface area (Å²) in [4.78, 5) is 2.38. The van der Waals surface area contributed by atoms with Gasteiger partial charge in [0.1, 0.15) is 0 Å². The minimum Gasteiger partial charge on any atom is -0.316 e. The van der Waals surface area contributed by atoms with Crippen LogP contribution < -0.4 is 10.4 Å². The maximum absolute atomic E-state index is 2.39. The first kappa shape index (κ1) is 21.3. The van der Waals surface area contributed by atoms with E-state index in [1.54, 1.807) is 0 Å². The van der Waals surface area contributed by atoms with Crippen LogP contribution in [0.1, 0.15) is 16.7 Å². The van der Waals surface area contributed by atoms with Crippen molar-refractivity contribution in [3.8, 4) is 11.1 Å². The summed E-state index contributed by atoms with van der Waals surface area (Å²) in [6, 6.07) is 37.3. The second kappa shape index (κ2) is 8.36. The molecule has 0 unspecified atom stereocenters. The summed E-state index contributed by atoms with van der Waals surface area (Å²) in [5, 5.41) is 0. The first-order chi connectivity index (χ1) is 18.9. The zero-order valence-corrected chi connectivity index (χ0v) is 20.9. The number of benzene rings is 4. The third-order valence-corrected chi connectivity index (χ3v) is 8.08. The second-order valence-corrected chi connectivity index (χ2v) is 10.1. The van der Waals surface area contributed by atoms with Crippen LogP contribution in [0.15, 0.2) is 157 Å². The Balaban J connectivity index is 1.45. The molecule has 0 bridgehead atoms. The van der Waals surface area contributed by atoms with E-state index >= 15 is 0 Å². The van der Waals surface area contributed by atoms with E-state index in [1.807, 2.05) is 0 Å². The molecule has 0 aliphatic carbocycles. The fourth-order valence-electron chi connectivity index (χ4n) is 6.35. The third kappa shape index (κ3) is 3.14. The van der Waals surface area contributed by atoms with E-state index < -0.39 is 0 Å². The van der Waals surface area contributed by atoms with Gasteiger partial charge in [0, 0.05) is 17.3 Å². The SMILES string of the molecule is C1=CB2C(=C3C(=C4C=C(c5ccccc5)C=CN4c4ccc(-c5ccccc5)cc43)c3ccccc32)C=C1. The minimum absolute atomic E-state index is 0.257. The predicted molar refractivity (Wildman–Crippen MR) is 162 cm³/mol. The lowest BCUT2D eigenvalue weighted by Crippen LogP contribution is -2.40. The van der Waals surface area contributed by atoms with E-state index in [2.05, 4.69) is 151 Å². The number of anilines is 1. The molecular formula is C36H24BN. The number of hydrogen-bond acceptors (Lipinski definition) is 1. The highest BCUT2D eigenvalue weighted by Crippen LogP contribution is 2.51. The van der Waals surface area contributed by atoms with Gasteiger partial charge in [-0.25, -0.2) is 0 Å². The topological polar surface area (TPSA) is 3.24 Å². The van der Waals surface area contributed by atoms with Crippen molar-refractivity contribution >= 4 is 34.6 Å². The van der Waals surface area contributed by atoms with Gasteiger partial charge in [0.15, 0.2) is 0 Å². The maximum atomic E-state index is 2.39. The fourth-order valence-corrected chi connectivity index (χ4v) is 6.35. The highest BCUT2D eigenvalue weighted by molar-refractivity contribution is 6.88. The van der Waals surface area contributed by atoms with Crippen molar-refractivity contribution in [2.24, 2.45) is 0 Å². The number of rotatable bonds is 2. The highest BCUT2D eigenvalue weighted by atomic mass is 15.1. The molecule has 0 spiro atoms. The summed E-state index contributed by atoms with van der Waals surface area (Å²) in [6.07, 6.45) is 13.6. The molecule has 38 heavy (non-hydrogen) atoms. The molecule has 0 saturated heterocycles. The average Bonchev–Trinajstić information content (AvgIpc) is 3.01. The monoisotopic (exact) mass is 481 g/mol. The molecule has 4 aromatic carbocycles. The van der Waals surface area contributed by atoms with Gasteiger partial charge >= 0.3 is 0 Å². The molecule has 2 heteroatoms. The lowest BCUT2D eigenvalue weighted by atomic mass is 9.35. The molecule has 0 atom stereocenters. The minimum atomic E-state index is 0.257. The van der Waals surface area contributed by atoms with E-state index in [0.717, 1.165) is 0 Å². The number of hydrogen-bond donors (Lipinski definition) is 0. The molecule has 176 valence electrons. The molecule has 0 fully saturated rings. The van der Waals surface area contributed by atoms with E-state index in [0.29, 0.717) is 0 Å². The number of nitrogens with zero attached hydrogens (tertiary/aromatic N) is 1. The van der Waals surface area contributed by atoms with Gasteiger partial charge in [-0.1, -0.05) is 120 Å². The van der Waals surface area contributed by atoms with Crippen LogP contribution in [-0.2, 0) is 0 Å². The Morgan fingerprint density at radius 3 is 2.18 bits per heavy atom. The van der Waals surface area contributed by atoms with E-state index in [4.69, 9.17) is 0 Å². The molecule has 4 heterocycles. The summed E-state index contributed by atoms with van der Waals surface area (Å²) in [6.45, 7) is 0.257. The molecule has 0 aromatic heterocycles. The Bertz CT molecular complexity index is 1800. The van der Waals surface area contributed by atoms with Crippen molar-refractivity contribution in [3.05, 3.63) is 174 Å². The highest BCUT2D eigenvalue weighted by Gasteiger charge is 2.38. The quantitative estimate of drug-likeness (QED) is 0.264. The summed E-state index contributed by atoms with van der Waals surface area (Å²) in [7, 11) is 0. The van der Waals surface area contributed by atoms with Crippen molar-refractivity contribution in [1.82, 2.24) is 0 Å². The van der Waals surface area contributed by atoms with E-state index in [1.165, 1.54) is 66.9 Å². The van der Waals surface area contributed by atoms with Crippen molar-refractivity contribution in [2.75, 3.05) is 4.90 Å². The first-order valence-corrected chi connectivity index (χ1v) is 13.2. The summed E-state index contributed by atoms with van der Waals surface area (Å²) in [5.74, 6) is 2.35. The Labute approximate surface area is 223 Å². The molecule has 4 aliphatic rings. The van der Waals surface area contributed by atoms with Crippen molar-refractivity contribution < 1.29 is 0 Å². The second-order valence-electron chi connectivity index (χ2n) is 10.1. The van der Waals surface area contributed by atoms with Crippen LogP contribution >= 0.6 is 0 Å². The average molecular weight is 481 g/mol. The standard InChI is InChI=1S/C36H24BN/c1-3-11-25(12-4-1)27-18-19-33-30(23-27)35-32-17-9-10-21-37(32)31-16-8-7-15-29(31)36(35)34-24-28(20-22-38(33)34)26-13-5-2-6-14-26/h1-24H. The fraction of sp³-hybridized carbons (Fsp3) is 0. The molecule has 0 radical (unpaired) electrons. The largest absolute Gasteiger partial charge is 0.316 e. The van der Waals surface area contributed by atoms with Crippen LogP contribution in [0, 0.1) is 0 Å². The molecule has 1 nitrogen and oxygen atoms in total. The van der Waals surface area contributed by atoms with E-state index in [9.17, 15) is 0 Å². The molecule has 8 rings (SSSR count). The third-order valence-electron chi connectivity index (χ3n) is 8.08. The van der Waals surface area contributed by atoms with Gasteiger partial charge < -0.3 is 4.90 Å². The molecule has 0 N–H and O–H groups in total. The smallest absolute Gasteiger partial charge is 0.235 e. The summed E-state index contributed by atoms with van der Waals surface area (Å²) in [5.41, 5.74) is 15.5. The molecule has 0 amide bonds. The molecule has 0 saturated carbocycles. The Hall–Kier alpha value is -4.82. The van der Waals surface area contributed by atoms with Crippen LogP contribution in [0.2, 0.25) is 0 Å². The molecule has 4 aliphatic heterocycles. The van der Waals surface area contributed by atoms with Crippen molar-refractivity contribution in [1.29, 1.82) is 0 Å². The zero-order valence-electron chi connectivity index (χ0n) is 20.9. The van der Waals surface area contributed by atoms with Gasteiger partial charge in [-0.2, -0.15) is 0 Å². The number of allylic oxidation sites excluding steroid dienone is 9. The lowest BCUT2D eigenvalue weighted by molar-refractivity contribution is 1.17. The van der Waals surface area contributed by atoms with Gasteiger partial charge in [-0.05, 0) is 57.7 Å². The van der Waals surface area contributed by atoms with Crippen LogP contribution in [0.5, 0.6) is 0 Å². The van der Waals surface area contributed by atoms with Crippen LogP contribution in [0.25, 0.3) is 27.8 Å². The summed E-state index contributed by atoms with van der Waals surface area (Å²) < 4.78 is 0. The summed E-state index contributed by atoms with van der Waals surface area (Å²) >= 11 is 0. The van der Waals surface area contributed by atoms with Gasteiger partial charge in [0.05, 0.1) is 11.4 Å². The molecule has 4 aromatic rings. The Morgan fingerprint density at radius 2 is 1.34 bits per heavy atom. The van der Waals surface area contributed by atoms with Gasteiger partial charge in [-0.15, -0.1) is 5.98 Å².